The molecule has 1 heterocycles. The fourth-order valence-electron chi connectivity index (χ4n) is 4.26. The summed E-state index contributed by atoms with van der Waals surface area (Å²) >= 11 is 0. The average Bonchev–Trinajstić information content (AvgIpc) is 3.58. The van der Waals surface area contributed by atoms with Crippen LogP contribution in [0, 0.1) is 5.92 Å². The van der Waals surface area contributed by atoms with E-state index in [0.29, 0.717) is 13.0 Å². The molecule has 32 heavy (non-hydrogen) atoms. The van der Waals surface area contributed by atoms with Gasteiger partial charge in [0.25, 0.3) is 0 Å². The van der Waals surface area contributed by atoms with Crippen LogP contribution in [-0.4, -0.2) is 38.6 Å². The van der Waals surface area contributed by atoms with Crippen LogP contribution in [-0.2, 0) is 25.8 Å². The van der Waals surface area contributed by atoms with Crippen molar-refractivity contribution in [1.29, 1.82) is 0 Å². The minimum Gasteiger partial charge on any atom is -0.355 e. The van der Waals surface area contributed by atoms with Crippen LogP contribution in [0.5, 0.6) is 0 Å². The number of benzene rings is 2. The molecule has 2 aliphatic rings. The minimum atomic E-state index is -3.59. The summed E-state index contributed by atoms with van der Waals surface area (Å²) in [6.07, 6.45) is 2.45. The van der Waals surface area contributed by atoms with Crippen molar-refractivity contribution in [3.05, 3.63) is 59.7 Å². The molecule has 0 spiro atoms. The molecule has 2 atom stereocenters. The third-order valence-corrected chi connectivity index (χ3v) is 8.08. The summed E-state index contributed by atoms with van der Waals surface area (Å²) in [5.41, 5.74) is 2.83. The summed E-state index contributed by atoms with van der Waals surface area (Å²) in [6.45, 7) is 4.48. The molecule has 1 aliphatic carbocycles. The lowest BCUT2D eigenvalue weighted by molar-refractivity contribution is -0.121. The fourth-order valence-corrected chi connectivity index (χ4v) is 5.55. The van der Waals surface area contributed by atoms with E-state index in [2.05, 4.69) is 5.32 Å². The van der Waals surface area contributed by atoms with E-state index in [1.165, 1.54) is 0 Å². The van der Waals surface area contributed by atoms with Crippen LogP contribution in [0.4, 0.5) is 5.69 Å². The molecule has 0 aromatic heterocycles. The van der Waals surface area contributed by atoms with Crippen molar-refractivity contribution in [1.82, 2.24) is 5.32 Å². The van der Waals surface area contributed by atoms with Crippen molar-refractivity contribution >= 4 is 27.3 Å². The SMILES string of the molecule is CC(CNC(=O)CCS(=O)(=O)c1ccc2c(c1)CC(C)N2C(=O)C1CC1)c1ccccc1. The molecule has 1 aliphatic heterocycles. The molecule has 0 saturated heterocycles. The summed E-state index contributed by atoms with van der Waals surface area (Å²) in [7, 11) is -3.59. The second kappa shape index (κ2) is 9.06. The van der Waals surface area contributed by atoms with Crippen LogP contribution in [0.2, 0.25) is 0 Å². The Morgan fingerprint density at radius 2 is 1.84 bits per heavy atom. The number of rotatable bonds is 8. The highest BCUT2D eigenvalue weighted by atomic mass is 32.2. The second-order valence-electron chi connectivity index (χ2n) is 9.01. The normalized spacial score (nSPS) is 18.8. The summed E-state index contributed by atoms with van der Waals surface area (Å²) in [5, 5.41) is 2.84. The molecule has 2 aromatic rings. The Bertz CT molecular complexity index is 1110. The number of carbonyl (C=O) groups is 2. The van der Waals surface area contributed by atoms with Gasteiger partial charge < -0.3 is 10.2 Å². The molecule has 0 bridgehead atoms. The van der Waals surface area contributed by atoms with Gasteiger partial charge in [0.05, 0.1) is 10.6 Å². The van der Waals surface area contributed by atoms with Gasteiger partial charge in [-0.05, 0) is 61.4 Å². The van der Waals surface area contributed by atoms with Gasteiger partial charge in [-0.2, -0.15) is 0 Å². The Labute approximate surface area is 189 Å². The van der Waals surface area contributed by atoms with Gasteiger partial charge in [0.1, 0.15) is 0 Å². The Morgan fingerprint density at radius 3 is 2.53 bits per heavy atom. The first-order valence-electron chi connectivity index (χ1n) is 11.3. The molecule has 1 fully saturated rings. The Balaban J connectivity index is 1.35. The zero-order valence-corrected chi connectivity index (χ0v) is 19.4. The predicted molar refractivity (Wildman–Crippen MR) is 124 cm³/mol. The van der Waals surface area contributed by atoms with E-state index in [1.54, 1.807) is 18.2 Å². The molecule has 1 N–H and O–H groups in total. The highest BCUT2D eigenvalue weighted by molar-refractivity contribution is 7.91. The first kappa shape index (κ1) is 22.5. The zero-order chi connectivity index (χ0) is 22.9. The molecule has 0 radical (unpaired) electrons. The van der Waals surface area contributed by atoms with E-state index >= 15 is 0 Å². The number of carbonyl (C=O) groups excluding carboxylic acids is 2. The zero-order valence-electron chi connectivity index (χ0n) is 18.6. The number of amides is 2. The standard InChI is InChI=1S/C25H30N2O4S/c1-17(19-6-4-3-5-7-19)16-26-24(28)12-13-32(30,31)22-10-11-23-21(15-22)14-18(2)27(23)25(29)20-8-9-20/h3-7,10-11,15,17-18,20H,8-9,12-14,16H2,1-2H3,(H,26,28). The average molecular weight is 455 g/mol. The van der Waals surface area contributed by atoms with Gasteiger partial charge in [0.2, 0.25) is 11.8 Å². The second-order valence-corrected chi connectivity index (χ2v) is 11.1. The molecular formula is C25H30N2O4S. The van der Waals surface area contributed by atoms with Crippen LogP contribution in [0.25, 0.3) is 0 Å². The maximum atomic E-state index is 12.9. The topological polar surface area (TPSA) is 83.6 Å². The molecule has 6 nitrogen and oxygen atoms in total. The molecule has 2 aromatic carbocycles. The van der Waals surface area contributed by atoms with E-state index in [4.69, 9.17) is 0 Å². The summed E-state index contributed by atoms with van der Waals surface area (Å²) < 4.78 is 25.7. The molecule has 2 unspecified atom stereocenters. The number of anilines is 1. The van der Waals surface area contributed by atoms with Crippen LogP contribution in [0.3, 0.4) is 0 Å². The molecule has 170 valence electrons. The Hall–Kier alpha value is -2.67. The summed E-state index contributed by atoms with van der Waals surface area (Å²) in [6, 6.07) is 14.9. The van der Waals surface area contributed by atoms with E-state index in [9.17, 15) is 18.0 Å². The lowest BCUT2D eigenvalue weighted by Crippen LogP contribution is -2.36. The first-order valence-corrected chi connectivity index (χ1v) is 12.9. The highest BCUT2D eigenvalue weighted by Gasteiger charge is 2.39. The maximum Gasteiger partial charge on any atom is 0.230 e. The molecule has 7 heteroatoms. The fraction of sp³-hybridized carbons (Fsp3) is 0.440. The van der Waals surface area contributed by atoms with Crippen molar-refractivity contribution in [2.45, 2.75) is 56.4 Å². The number of nitrogens with one attached hydrogen (secondary N) is 1. The summed E-state index contributed by atoms with van der Waals surface area (Å²) in [5.74, 6) is -0.0928. The number of sulfone groups is 1. The van der Waals surface area contributed by atoms with Gasteiger partial charge >= 0.3 is 0 Å². The first-order chi connectivity index (χ1) is 15.3. The van der Waals surface area contributed by atoms with Gasteiger partial charge in [0.15, 0.2) is 9.84 Å². The Morgan fingerprint density at radius 1 is 1.12 bits per heavy atom. The van der Waals surface area contributed by atoms with Crippen LogP contribution >= 0.6 is 0 Å². The predicted octanol–water partition coefficient (Wildman–Crippen LogP) is 3.46. The number of hydrogen-bond donors (Lipinski definition) is 1. The smallest absolute Gasteiger partial charge is 0.230 e. The van der Waals surface area contributed by atoms with Crippen LogP contribution in [0.15, 0.2) is 53.4 Å². The number of hydrogen-bond acceptors (Lipinski definition) is 4. The molecule has 2 amide bonds. The van der Waals surface area contributed by atoms with Crippen molar-refractivity contribution in [2.24, 2.45) is 5.92 Å². The quantitative estimate of drug-likeness (QED) is 0.662. The van der Waals surface area contributed by atoms with E-state index < -0.39 is 9.84 Å². The highest BCUT2D eigenvalue weighted by Crippen LogP contribution is 2.39. The van der Waals surface area contributed by atoms with E-state index in [-0.39, 0.29) is 46.8 Å². The van der Waals surface area contributed by atoms with Crippen molar-refractivity contribution in [2.75, 3.05) is 17.2 Å². The van der Waals surface area contributed by atoms with Crippen molar-refractivity contribution in [3.63, 3.8) is 0 Å². The van der Waals surface area contributed by atoms with E-state index in [1.807, 2.05) is 49.1 Å². The lowest BCUT2D eigenvalue weighted by Gasteiger charge is -2.22. The molecule has 1 saturated carbocycles. The monoisotopic (exact) mass is 454 g/mol. The van der Waals surface area contributed by atoms with Crippen LogP contribution in [0.1, 0.15) is 50.2 Å². The van der Waals surface area contributed by atoms with E-state index in [0.717, 1.165) is 29.7 Å². The van der Waals surface area contributed by atoms with Gasteiger partial charge in [-0.15, -0.1) is 0 Å². The third kappa shape index (κ3) is 4.88. The van der Waals surface area contributed by atoms with Crippen molar-refractivity contribution in [3.8, 4) is 0 Å². The Kier molecular flexibility index (Phi) is 6.38. The largest absolute Gasteiger partial charge is 0.355 e. The number of fused-ring (bicyclic) bond motifs is 1. The van der Waals surface area contributed by atoms with Gasteiger partial charge in [-0.3, -0.25) is 9.59 Å². The summed E-state index contributed by atoms with van der Waals surface area (Å²) in [4.78, 5) is 26.9. The molecular weight excluding hydrogens is 424 g/mol. The van der Waals surface area contributed by atoms with Gasteiger partial charge in [-0.1, -0.05) is 37.3 Å². The maximum absolute atomic E-state index is 12.9. The minimum absolute atomic E-state index is 0.0356. The van der Waals surface area contributed by atoms with Gasteiger partial charge in [0, 0.05) is 30.6 Å². The van der Waals surface area contributed by atoms with Crippen LogP contribution < -0.4 is 10.2 Å². The van der Waals surface area contributed by atoms with Crippen molar-refractivity contribution < 1.29 is 18.0 Å². The van der Waals surface area contributed by atoms with Gasteiger partial charge in [-0.25, -0.2) is 8.42 Å². The third-order valence-electron chi connectivity index (χ3n) is 6.36. The lowest BCUT2D eigenvalue weighted by atomic mass is 10.0. The molecule has 4 rings (SSSR count). The number of nitrogens with zero attached hydrogens (tertiary/aromatic N) is 1.